The number of hydrogen-bond acceptors (Lipinski definition) is 2. The van der Waals surface area contributed by atoms with Crippen molar-refractivity contribution < 1.29 is 0 Å². The van der Waals surface area contributed by atoms with Crippen LogP contribution in [0.3, 0.4) is 0 Å². The van der Waals surface area contributed by atoms with Crippen LogP contribution in [0.2, 0.25) is 0 Å². The van der Waals surface area contributed by atoms with Gasteiger partial charge >= 0.3 is 0 Å². The predicted molar refractivity (Wildman–Crippen MR) is 54.7 cm³/mol. The number of alkyl halides is 1. The van der Waals surface area contributed by atoms with Crippen LogP contribution in [0.15, 0.2) is 0 Å². The second-order valence-corrected chi connectivity index (χ2v) is 2.92. The smallest absolute Gasteiger partial charge is 0.0480 e. The standard InChI is InChI=1S/C7H17IN2/c1-3-10(4-2)6-5-9-7-8/h9H,3-7H2,1-2H3. The normalized spacial score (nSPS) is 10.8. The van der Waals surface area contributed by atoms with Crippen LogP contribution < -0.4 is 5.32 Å². The third-order valence-electron chi connectivity index (χ3n) is 1.59. The maximum Gasteiger partial charge on any atom is 0.0480 e. The fourth-order valence-electron chi connectivity index (χ4n) is 0.844. The van der Waals surface area contributed by atoms with Gasteiger partial charge in [-0.1, -0.05) is 36.4 Å². The van der Waals surface area contributed by atoms with Gasteiger partial charge in [-0.2, -0.15) is 0 Å². The molecular weight excluding hydrogens is 239 g/mol. The molecule has 1 N–H and O–H groups in total. The maximum atomic E-state index is 3.29. The first-order valence-electron chi connectivity index (χ1n) is 3.84. The number of nitrogens with one attached hydrogen (secondary N) is 1. The molecule has 0 amide bonds. The lowest BCUT2D eigenvalue weighted by Gasteiger charge is -2.17. The molecule has 0 aromatic heterocycles. The summed E-state index contributed by atoms with van der Waals surface area (Å²) in [5.41, 5.74) is 0. The van der Waals surface area contributed by atoms with Gasteiger partial charge in [-0.25, -0.2) is 0 Å². The van der Waals surface area contributed by atoms with Crippen LogP contribution in [-0.4, -0.2) is 35.6 Å². The Balaban J connectivity index is 3.09. The zero-order valence-electron chi connectivity index (χ0n) is 6.86. The number of nitrogens with zero attached hydrogens (tertiary/aromatic N) is 1. The Morgan fingerprint density at radius 1 is 1.30 bits per heavy atom. The van der Waals surface area contributed by atoms with Gasteiger partial charge < -0.3 is 10.2 Å². The van der Waals surface area contributed by atoms with Crippen LogP contribution in [0.4, 0.5) is 0 Å². The lowest BCUT2D eigenvalue weighted by Crippen LogP contribution is -2.31. The molecule has 0 bridgehead atoms. The minimum absolute atomic E-state index is 1.05. The number of likely N-dealkylation sites (N-methyl/N-ethyl adjacent to an activating group) is 1. The van der Waals surface area contributed by atoms with Gasteiger partial charge in [-0.05, 0) is 13.1 Å². The van der Waals surface area contributed by atoms with Crippen molar-refractivity contribution in [2.75, 3.05) is 30.7 Å². The molecule has 0 aliphatic carbocycles. The van der Waals surface area contributed by atoms with Gasteiger partial charge in [0, 0.05) is 17.6 Å². The van der Waals surface area contributed by atoms with E-state index in [0.29, 0.717) is 0 Å². The van der Waals surface area contributed by atoms with E-state index in [1.54, 1.807) is 0 Å². The molecule has 0 rings (SSSR count). The highest BCUT2D eigenvalue weighted by molar-refractivity contribution is 14.1. The molecule has 0 radical (unpaired) electrons. The van der Waals surface area contributed by atoms with Crippen molar-refractivity contribution in [3.05, 3.63) is 0 Å². The highest BCUT2D eigenvalue weighted by Crippen LogP contribution is 1.84. The third kappa shape index (κ3) is 5.44. The summed E-state index contributed by atoms with van der Waals surface area (Å²) in [4.78, 5) is 2.42. The predicted octanol–water partition coefficient (Wildman–Crippen LogP) is 1.31. The Kier molecular flexibility index (Phi) is 8.26. The summed E-state index contributed by atoms with van der Waals surface area (Å²) in [6.45, 7) is 9.03. The second kappa shape index (κ2) is 7.75. The zero-order valence-corrected chi connectivity index (χ0v) is 9.02. The molecule has 2 nitrogen and oxygen atoms in total. The molecule has 62 valence electrons. The lowest BCUT2D eigenvalue weighted by atomic mass is 10.5. The Hall–Kier alpha value is 0.650. The summed E-state index contributed by atoms with van der Waals surface area (Å²) in [5, 5.41) is 3.29. The Labute approximate surface area is 77.5 Å². The number of halogens is 1. The second-order valence-electron chi connectivity index (χ2n) is 2.16. The molecule has 0 spiro atoms. The fourth-order valence-corrected chi connectivity index (χ4v) is 1.23. The first-order valence-corrected chi connectivity index (χ1v) is 5.36. The summed E-state index contributed by atoms with van der Waals surface area (Å²) < 4.78 is 1.05. The molecule has 0 unspecified atom stereocenters. The average Bonchev–Trinajstić information content (AvgIpc) is 1.99. The van der Waals surface area contributed by atoms with Crippen LogP contribution in [0.1, 0.15) is 13.8 Å². The summed E-state index contributed by atoms with van der Waals surface area (Å²) >= 11 is 2.33. The van der Waals surface area contributed by atoms with E-state index < -0.39 is 0 Å². The topological polar surface area (TPSA) is 15.3 Å². The summed E-state index contributed by atoms with van der Waals surface area (Å²) in [5.74, 6) is 0. The maximum absolute atomic E-state index is 3.29. The van der Waals surface area contributed by atoms with E-state index in [1.807, 2.05) is 0 Å². The third-order valence-corrected chi connectivity index (χ3v) is 2.13. The van der Waals surface area contributed by atoms with Crippen molar-refractivity contribution in [1.82, 2.24) is 10.2 Å². The lowest BCUT2D eigenvalue weighted by molar-refractivity contribution is 0.305. The van der Waals surface area contributed by atoms with E-state index in [-0.39, 0.29) is 0 Å². The van der Waals surface area contributed by atoms with Gasteiger partial charge in [0.2, 0.25) is 0 Å². The van der Waals surface area contributed by atoms with Gasteiger partial charge in [0.05, 0.1) is 0 Å². The molecule has 0 aliphatic rings. The average molecular weight is 256 g/mol. The molecule has 3 heteroatoms. The molecule has 0 aliphatic heterocycles. The van der Waals surface area contributed by atoms with Crippen LogP contribution in [0.25, 0.3) is 0 Å². The van der Waals surface area contributed by atoms with Crippen molar-refractivity contribution >= 4 is 22.6 Å². The quantitative estimate of drug-likeness (QED) is 0.333. The van der Waals surface area contributed by atoms with Crippen molar-refractivity contribution in [2.45, 2.75) is 13.8 Å². The Bertz CT molecular complexity index is 64.6. The van der Waals surface area contributed by atoms with E-state index in [0.717, 1.165) is 11.1 Å². The van der Waals surface area contributed by atoms with E-state index >= 15 is 0 Å². The van der Waals surface area contributed by atoms with Crippen molar-refractivity contribution in [3.8, 4) is 0 Å². The van der Waals surface area contributed by atoms with Gasteiger partial charge in [-0.3, -0.25) is 0 Å². The molecule has 0 atom stereocenters. The van der Waals surface area contributed by atoms with Crippen LogP contribution >= 0.6 is 22.6 Å². The van der Waals surface area contributed by atoms with Gasteiger partial charge in [0.1, 0.15) is 0 Å². The van der Waals surface area contributed by atoms with Crippen molar-refractivity contribution in [3.63, 3.8) is 0 Å². The Morgan fingerprint density at radius 3 is 2.30 bits per heavy atom. The first kappa shape index (κ1) is 10.7. The SMILES string of the molecule is CCN(CC)CCNCI. The molecular formula is C7H17IN2. The molecule has 0 saturated heterocycles. The van der Waals surface area contributed by atoms with E-state index in [2.05, 4.69) is 46.7 Å². The summed E-state index contributed by atoms with van der Waals surface area (Å²) in [6.07, 6.45) is 0. The number of hydrogen-bond donors (Lipinski definition) is 1. The van der Waals surface area contributed by atoms with E-state index in [1.165, 1.54) is 19.6 Å². The van der Waals surface area contributed by atoms with E-state index in [4.69, 9.17) is 0 Å². The summed E-state index contributed by atoms with van der Waals surface area (Å²) in [6, 6.07) is 0. The van der Waals surface area contributed by atoms with E-state index in [9.17, 15) is 0 Å². The Morgan fingerprint density at radius 2 is 1.90 bits per heavy atom. The molecule has 10 heavy (non-hydrogen) atoms. The minimum atomic E-state index is 1.05. The largest absolute Gasteiger partial charge is 0.307 e. The highest BCUT2D eigenvalue weighted by Gasteiger charge is 1.95. The molecule has 0 heterocycles. The number of rotatable bonds is 6. The van der Waals surface area contributed by atoms with Crippen molar-refractivity contribution in [2.24, 2.45) is 0 Å². The summed E-state index contributed by atoms with van der Waals surface area (Å²) in [7, 11) is 0. The highest BCUT2D eigenvalue weighted by atomic mass is 127. The van der Waals surface area contributed by atoms with Gasteiger partial charge in [0.15, 0.2) is 0 Å². The monoisotopic (exact) mass is 256 g/mol. The fraction of sp³-hybridized carbons (Fsp3) is 1.00. The van der Waals surface area contributed by atoms with Crippen LogP contribution in [0, 0.1) is 0 Å². The molecule has 0 saturated carbocycles. The van der Waals surface area contributed by atoms with Crippen LogP contribution in [-0.2, 0) is 0 Å². The van der Waals surface area contributed by atoms with Crippen LogP contribution in [0.5, 0.6) is 0 Å². The van der Waals surface area contributed by atoms with Gasteiger partial charge in [-0.15, -0.1) is 0 Å². The van der Waals surface area contributed by atoms with Crippen molar-refractivity contribution in [1.29, 1.82) is 0 Å². The molecule has 0 fully saturated rings. The molecule has 0 aromatic carbocycles. The zero-order chi connectivity index (χ0) is 7.82. The first-order chi connectivity index (χ1) is 4.85. The molecule has 0 aromatic rings. The van der Waals surface area contributed by atoms with Gasteiger partial charge in [0.25, 0.3) is 0 Å². The minimum Gasteiger partial charge on any atom is -0.307 e.